The lowest BCUT2D eigenvalue weighted by atomic mass is 10.1. The molecule has 118 valence electrons. The average Bonchev–Trinajstić information content (AvgIpc) is 2.90. The monoisotopic (exact) mass is 316 g/mol. The average molecular weight is 317 g/mol. The number of hydrogen-bond acceptors (Lipinski definition) is 3. The molecule has 1 amide bonds. The van der Waals surface area contributed by atoms with Gasteiger partial charge in [0.25, 0.3) is 0 Å². The topological polar surface area (TPSA) is 55.6 Å². The number of nitrogens with zero attached hydrogens (tertiary/aromatic N) is 1. The highest BCUT2D eigenvalue weighted by Gasteiger charge is 2.24. The van der Waals surface area contributed by atoms with Gasteiger partial charge in [0.05, 0.1) is 12.1 Å². The lowest BCUT2D eigenvalue weighted by Gasteiger charge is -2.27. The molecule has 1 fully saturated rings. The Labute approximate surface area is 130 Å². The van der Waals surface area contributed by atoms with Crippen molar-refractivity contribution in [2.75, 3.05) is 13.2 Å². The first-order chi connectivity index (χ1) is 9.56. The van der Waals surface area contributed by atoms with E-state index < -0.39 is 6.04 Å². The molecule has 0 aliphatic carbocycles. The molecule has 0 spiro atoms. The molecule has 6 heteroatoms. The van der Waals surface area contributed by atoms with E-state index in [9.17, 15) is 9.18 Å². The predicted molar refractivity (Wildman–Crippen MR) is 81.7 cm³/mol. The smallest absolute Gasteiger partial charge is 0.239 e. The second kappa shape index (κ2) is 8.32. The van der Waals surface area contributed by atoms with Crippen molar-refractivity contribution in [2.24, 2.45) is 5.73 Å². The van der Waals surface area contributed by atoms with Gasteiger partial charge in [-0.05, 0) is 37.5 Å². The van der Waals surface area contributed by atoms with Crippen LogP contribution in [0.5, 0.6) is 0 Å². The zero-order chi connectivity index (χ0) is 14.5. The summed E-state index contributed by atoms with van der Waals surface area (Å²) in [6, 6.07) is 5.72. The molecule has 0 saturated carbocycles. The zero-order valence-electron chi connectivity index (χ0n) is 12.1. The maximum Gasteiger partial charge on any atom is 0.239 e. The van der Waals surface area contributed by atoms with Crippen LogP contribution in [-0.2, 0) is 16.1 Å². The number of benzene rings is 1. The maximum atomic E-state index is 13.2. The highest BCUT2D eigenvalue weighted by Crippen LogP contribution is 2.16. The molecule has 1 aromatic carbocycles. The Morgan fingerprint density at radius 2 is 2.33 bits per heavy atom. The lowest BCUT2D eigenvalue weighted by molar-refractivity contribution is -0.134. The summed E-state index contributed by atoms with van der Waals surface area (Å²) in [4.78, 5) is 13.8. The molecular formula is C15H22ClFN2O2. The quantitative estimate of drug-likeness (QED) is 0.905. The van der Waals surface area contributed by atoms with E-state index in [4.69, 9.17) is 10.5 Å². The number of halogens is 2. The van der Waals surface area contributed by atoms with Crippen molar-refractivity contribution >= 4 is 18.3 Å². The van der Waals surface area contributed by atoms with E-state index in [0.717, 1.165) is 25.0 Å². The third-order valence-corrected chi connectivity index (χ3v) is 3.41. The van der Waals surface area contributed by atoms with E-state index in [1.54, 1.807) is 24.0 Å². The van der Waals surface area contributed by atoms with Gasteiger partial charge in [0.1, 0.15) is 5.82 Å². The number of nitrogens with two attached hydrogens (primary N) is 1. The van der Waals surface area contributed by atoms with Crippen molar-refractivity contribution < 1.29 is 13.9 Å². The van der Waals surface area contributed by atoms with Gasteiger partial charge in [0.2, 0.25) is 5.91 Å². The van der Waals surface area contributed by atoms with Crippen LogP contribution in [0.1, 0.15) is 25.3 Å². The molecule has 0 bridgehead atoms. The van der Waals surface area contributed by atoms with E-state index in [2.05, 4.69) is 0 Å². The molecule has 1 aromatic rings. The van der Waals surface area contributed by atoms with Gasteiger partial charge in [-0.1, -0.05) is 12.1 Å². The fraction of sp³-hybridized carbons (Fsp3) is 0.533. The summed E-state index contributed by atoms with van der Waals surface area (Å²) in [5, 5.41) is 0. The van der Waals surface area contributed by atoms with Crippen LogP contribution in [0.25, 0.3) is 0 Å². The van der Waals surface area contributed by atoms with Gasteiger partial charge >= 0.3 is 0 Å². The molecular weight excluding hydrogens is 295 g/mol. The first-order valence-corrected chi connectivity index (χ1v) is 6.96. The van der Waals surface area contributed by atoms with Gasteiger partial charge < -0.3 is 15.4 Å². The fourth-order valence-electron chi connectivity index (χ4n) is 2.41. The molecule has 0 radical (unpaired) electrons. The second-order valence-corrected chi connectivity index (χ2v) is 5.27. The number of hydrogen-bond donors (Lipinski definition) is 1. The summed E-state index contributed by atoms with van der Waals surface area (Å²) in [7, 11) is 0. The summed E-state index contributed by atoms with van der Waals surface area (Å²) in [5.41, 5.74) is 6.45. The lowest BCUT2D eigenvalue weighted by Crippen LogP contribution is -2.44. The van der Waals surface area contributed by atoms with Crippen LogP contribution >= 0.6 is 12.4 Å². The minimum Gasteiger partial charge on any atom is -0.376 e. The van der Waals surface area contributed by atoms with Crippen LogP contribution < -0.4 is 5.73 Å². The largest absolute Gasteiger partial charge is 0.376 e. The van der Waals surface area contributed by atoms with Gasteiger partial charge in [-0.2, -0.15) is 0 Å². The van der Waals surface area contributed by atoms with Crippen LogP contribution in [-0.4, -0.2) is 36.1 Å². The van der Waals surface area contributed by atoms with E-state index in [1.165, 1.54) is 12.1 Å². The second-order valence-electron chi connectivity index (χ2n) is 5.27. The van der Waals surface area contributed by atoms with Crippen molar-refractivity contribution in [1.29, 1.82) is 0 Å². The van der Waals surface area contributed by atoms with E-state index in [0.29, 0.717) is 13.1 Å². The molecule has 1 saturated heterocycles. The minimum atomic E-state index is -0.565. The van der Waals surface area contributed by atoms with Gasteiger partial charge in [-0.3, -0.25) is 4.79 Å². The number of amides is 1. The summed E-state index contributed by atoms with van der Waals surface area (Å²) in [6.07, 6.45) is 2.03. The number of ether oxygens (including phenoxy) is 1. The van der Waals surface area contributed by atoms with Crippen LogP contribution in [0.15, 0.2) is 24.3 Å². The van der Waals surface area contributed by atoms with E-state index in [1.807, 2.05) is 0 Å². The highest BCUT2D eigenvalue weighted by molar-refractivity contribution is 5.85. The van der Waals surface area contributed by atoms with Crippen molar-refractivity contribution in [3.63, 3.8) is 0 Å². The van der Waals surface area contributed by atoms with Crippen LogP contribution in [0.4, 0.5) is 4.39 Å². The van der Waals surface area contributed by atoms with Gasteiger partial charge in [0, 0.05) is 19.7 Å². The van der Waals surface area contributed by atoms with Crippen molar-refractivity contribution in [3.8, 4) is 0 Å². The SMILES string of the molecule is C[C@H](N)C(=O)N(Cc1cccc(F)c1)CC1CCCO1.Cl. The third-order valence-electron chi connectivity index (χ3n) is 3.41. The zero-order valence-corrected chi connectivity index (χ0v) is 12.9. The Morgan fingerprint density at radius 1 is 1.57 bits per heavy atom. The Bertz CT molecular complexity index is 465. The summed E-state index contributed by atoms with van der Waals surface area (Å²) in [6.45, 7) is 3.27. The third kappa shape index (κ3) is 5.26. The fourth-order valence-corrected chi connectivity index (χ4v) is 2.41. The number of carbonyl (C=O) groups is 1. The molecule has 1 unspecified atom stereocenters. The molecule has 1 aliphatic rings. The summed E-state index contributed by atoms with van der Waals surface area (Å²) < 4.78 is 18.8. The van der Waals surface area contributed by atoms with Crippen molar-refractivity contribution in [3.05, 3.63) is 35.6 Å². The normalized spacial score (nSPS) is 18.9. The van der Waals surface area contributed by atoms with Crippen LogP contribution in [0.3, 0.4) is 0 Å². The minimum absolute atomic E-state index is 0. The Kier molecular flexibility index (Phi) is 7.08. The Hall–Kier alpha value is -1.17. The standard InChI is InChI=1S/C15H21FN2O2.ClH/c1-11(17)15(19)18(10-14-6-3-7-20-14)9-12-4-2-5-13(16)8-12;/h2,4-5,8,11,14H,3,6-7,9-10,17H2,1H3;1H/t11-,14?;/m0./s1. The van der Waals surface area contributed by atoms with Gasteiger partial charge in [-0.25, -0.2) is 4.39 Å². The first kappa shape index (κ1) is 17.9. The number of rotatable bonds is 5. The maximum absolute atomic E-state index is 13.2. The molecule has 1 aliphatic heterocycles. The van der Waals surface area contributed by atoms with E-state index in [-0.39, 0.29) is 30.2 Å². The van der Waals surface area contributed by atoms with Gasteiger partial charge in [-0.15, -0.1) is 12.4 Å². The van der Waals surface area contributed by atoms with Crippen molar-refractivity contribution in [2.45, 2.75) is 38.5 Å². The number of carbonyl (C=O) groups excluding carboxylic acids is 1. The molecule has 21 heavy (non-hydrogen) atoms. The van der Waals surface area contributed by atoms with Crippen LogP contribution in [0.2, 0.25) is 0 Å². The van der Waals surface area contributed by atoms with Crippen LogP contribution in [0, 0.1) is 5.82 Å². The molecule has 0 aromatic heterocycles. The molecule has 2 atom stereocenters. The molecule has 2 rings (SSSR count). The predicted octanol–water partition coefficient (Wildman–Crippen LogP) is 2.10. The highest BCUT2D eigenvalue weighted by atomic mass is 35.5. The Morgan fingerprint density at radius 3 is 2.90 bits per heavy atom. The van der Waals surface area contributed by atoms with E-state index >= 15 is 0 Å². The summed E-state index contributed by atoms with van der Waals surface area (Å²) in [5.74, 6) is -0.433. The first-order valence-electron chi connectivity index (χ1n) is 6.96. The van der Waals surface area contributed by atoms with Crippen molar-refractivity contribution in [1.82, 2.24) is 4.90 Å². The molecule has 1 heterocycles. The summed E-state index contributed by atoms with van der Waals surface area (Å²) >= 11 is 0. The molecule has 4 nitrogen and oxygen atoms in total. The van der Waals surface area contributed by atoms with Gasteiger partial charge in [0.15, 0.2) is 0 Å². The Balaban J connectivity index is 0.00000220. The molecule has 2 N–H and O–H groups in total.